The number of pyridine rings is 1. The van der Waals surface area contributed by atoms with Crippen LogP contribution < -0.4 is 4.90 Å². The maximum Gasteiger partial charge on any atom is 0.228 e. The first kappa shape index (κ1) is 19.2. The van der Waals surface area contributed by atoms with Gasteiger partial charge in [0.15, 0.2) is 0 Å². The number of carbonyl (C=O) groups excluding carboxylic acids is 2. The van der Waals surface area contributed by atoms with Gasteiger partial charge in [-0.2, -0.15) is 0 Å². The Bertz CT molecular complexity index is 1070. The standard InChI is InChI=1S/C23H26N4O2/c1-4-25(15-20-13-24-21-7-5-6-10-26(20)21)23(29)18-12-22(28)27(14-18)19-9-8-16(2)17(3)11-19/h5-11,13,18H,4,12,14-15H2,1-3H3. The second kappa shape index (κ2) is 7.70. The number of benzene rings is 1. The van der Waals surface area contributed by atoms with Gasteiger partial charge in [0.25, 0.3) is 0 Å². The lowest BCUT2D eigenvalue weighted by Crippen LogP contribution is -2.37. The van der Waals surface area contributed by atoms with Crippen LogP contribution in [0, 0.1) is 19.8 Å². The highest BCUT2D eigenvalue weighted by molar-refractivity contribution is 6.00. The molecule has 1 aliphatic heterocycles. The second-order valence-corrected chi connectivity index (χ2v) is 7.70. The van der Waals surface area contributed by atoms with E-state index < -0.39 is 0 Å². The Balaban J connectivity index is 1.50. The van der Waals surface area contributed by atoms with E-state index in [2.05, 4.69) is 11.9 Å². The molecule has 1 fully saturated rings. The number of rotatable bonds is 5. The van der Waals surface area contributed by atoms with E-state index in [1.165, 1.54) is 5.56 Å². The molecule has 4 rings (SSSR count). The van der Waals surface area contributed by atoms with Crippen LogP contribution in [0.2, 0.25) is 0 Å². The predicted octanol–water partition coefficient (Wildman–Crippen LogP) is 3.35. The monoisotopic (exact) mass is 390 g/mol. The number of fused-ring (bicyclic) bond motifs is 1. The van der Waals surface area contributed by atoms with Gasteiger partial charge in [-0.25, -0.2) is 4.98 Å². The third-order valence-corrected chi connectivity index (χ3v) is 5.82. The van der Waals surface area contributed by atoms with Crippen molar-refractivity contribution < 1.29 is 9.59 Å². The third-order valence-electron chi connectivity index (χ3n) is 5.82. The molecular weight excluding hydrogens is 364 g/mol. The van der Waals surface area contributed by atoms with Crippen LogP contribution in [0.25, 0.3) is 5.65 Å². The summed E-state index contributed by atoms with van der Waals surface area (Å²) >= 11 is 0. The molecule has 150 valence electrons. The van der Waals surface area contributed by atoms with Gasteiger partial charge in [-0.1, -0.05) is 12.1 Å². The summed E-state index contributed by atoms with van der Waals surface area (Å²) in [6.07, 6.45) is 4.03. The molecule has 0 bridgehead atoms. The summed E-state index contributed by atoms with van der Waals surface area (Å²) in [4.78, 5) is 33.8. The summed E-state index contributed by atoms with van der Waals surface area (Å²) in [7, 11) is 0. The van der Waals surface area contributed by atoms with E-state index in [-0.39, 0.29) is 24.2 Å². The molecule has 0 N–H and O–H groups in total. The molecule has 1 unspecified atom stereocenters. The van der Waals surface area contributed by atoms with Crippen molar-refractivity contribution >= 4 is 23.1 Å². The first-order valence-electron chi connectivity index (χ1n) is 10.0. The highest BCUT2D eigenvalue weighted by Crippen LogP contribution is 2.28. The fourth-order valence-electron chi connectivity index (χ4n) is 3.92. The summed E-state index contributed by atoms with van der Waals surface area (Å²) in [5.41, 5.74) is 5.04. The smallest absolute Gasteiger partial charge is 0.228 e. The topological polar surface area (TPSA) is 57.9 Å². The van der Waals surface area contributed by atoms with Gasteiger partial charge in [0.2, 0.25) is 11.8 Å². The molecule has 2 aromatic heterocycles. The number of hydrogen-bond donors (Lipinski definition) is 0. The number of aromatic nitrogens is 2. The number of amides is 2. The van der Waals surface area contributed by atoms with Crippen LogP contribution in [-0.4, -0.2) is 39.2 Å². The van der Waals surface area contributed by atoms with Crippen LogP contribution >= 0.6 is 0 Å². The van der Waals surface area contributed by atoms with Crippen molar-refractivity contribution in [3.8, 4) is 0 Å². The molecule has 6 nitrogen and oxygen atoms in total. The molecule has 6 heteroatoms. The zero-order valence-electron chi connectivity index (χ0n) is 17.1. The van der Waals surface area contributed by atoms with Crippen LogP contribution in [-0.2, 0) is 16.1 Å². The molecule has 0 radical (unpaired) electrons. The normalized spacial score (nSPS) is 16.6. The Labute approximate surface area is 170 Å². The van der Waals surface area contributed by atoms with Gasteiger partial charge in [-0.3, -0.25) is 9.59 Å². The van der Waals surface area contributed by atoms with Crippen LogP contribution in [0.4, 0.5) is 5.69 Å². The fourth-order valence-corrected chi connectivity index (χ4v) is 3.92. The zero-order chi connectivity index (χ0) is 20.5. The number of carbonyl (C=O) groups is 2. The molecule has 2 amide bonds. The largest absolute Gasteiger partial charge is 0.337 e. The Hall–Kier alpha value is -3.15. The van der Waals surface area contributed by atoms with E-state index in [0.717, 1.165) is 22.6 Å². The molecule has 1 saturated heterocycles. The van der Waals surface area contributed by atoms with Crippen LogP contribution in [0.15, 0.2) is 48.8 Å². The molecule has 1 atom stereocenters. The van der Waals surface area contributed by atoms with E-state index in [0.29, 0.717) is 19.6 Å². The van der Waals surface area contributed by atoms with E-state index in [1.807, 2.05) is 71.9 Å². The van der Waals surface area contributed by atoms with Crippen molar-refractivity contribution in [1.29, 1.82) is 0 Å². The van der Waals surface area contributed by atoms with Gasteiger partial charge in [0.1, 0.15) is 5.65 Å². The number of nitrogens with zero attached hydrogens (tertiary/aromatic N) is 4. The van der Waals surface area contributed by atoms with Gasteiger partial charge in [-0.05, 0) is 56.2 Å². The highest BCUT2D eigenvalue weighted by Gasteiger charge is 2.37. The maximum atomic E-state index is 13.2. The Kier molecular flexibility index (Phi) is 5.09. The Morgan fingerprint density at radius 2 is 2.03 bits per heavy atom. The molecule has 3 heterocycles. The van der Waals surface area contributed by atoms with Gasteiger partial charge >= 0.3 is 0 Å². The van der Waals surface area contributed by atoms with E-state index >= 15 is 0 Å². The van der Waals surface area contributed by atoms with Crippen LogP contribution in [0.3, 0.4) is 0 Å². The van der Waals surface area contributed by atoms with Crippen molar-refractivity contribution in [1.82, 2.24) is 14.3 Å². The summed E-state index contributed by atoms with van der Waals surface area (Å²) in [6, 6.07) is 11.8. The molecule has 1 aromatic carbocycles. The van der Waals surface area contributed by atoms with Crippen molar-refractivity contribution in [2.24, 2.45) is 5.92 Å². The minimum atomic E-state index is -0.316. The minimum absolute atomic E-state index is 0.0115. The summed E-state index contributed by atoms with van der Waals surface area (Å²) in [5, 5.41) is 0. The SMILES string of the molecule is CCN(Cc1cnc2ccccn12)C(=O)C1CC(=O)N(c2ccc(C)c(C)c2)C1. The molecular formula is C23H26N4O2. The first-order chi connectivity index (χ1) is 14.0. The first-order valence-corrected chi connectivity index (χ1v) is 10.0. The van der Waals surface area contributed by atoms with E-state index in [4.69, 9.17) is 0 Å². The lowest BCUT2D eigenvalue weighted by Gasteiger charge is -2.24. The molecule has 29 heavy (non-hydrogen) atoms. The summed E-state index contributed by atoms with van der Waals surface area (Å²) in [5.74, 6) is -0.279. The summed E-state index contributed by atoms with van der Waals surface area (Å²) in [6.45, 7) is 7.57. The second-order valence-electron chi connectivity index (χ2n) is 7.70. The zero-order valence-corrected chi connectivity index (χ0v) is 17.1. The predicted molar refractivity (Wildman–Crippen MR) is 113 cm³/mol. The Morgan fingerprint density at radius 3 is 2.79 bits per heavy atom. The van der Waals surface area contributed by atoms with Gasteiger partial charge in [0.05, 0.1) is 24.4 Å². The highest BCUT2D eigenvalue weighted by atomic mass is 16.2. The summed E-state index contributed by atoms with van der Waals surface area (Å²) < 4.78 is 2.00. The molecule has 0 spiro atoms. The van der Waals surface area contributed by atoms with Crippen LogP contribution in [0.5, 0.6) is 0 Å². The molecule has 3 aromatic rings. The molecule has 1 aliphatic rings. The number of hydrogen-bond acceptors (Lipinski definition) is 3. The van der Waals surface area contributed by atoms with Gasteiger partial charge < -0.3 is 14.2 Å². The van der Waals surface area contributed by atoms with Crippen molar-refractivity contribution in [2.45, 2.75) is 33.7 Å². The van der Waals surface area contributed by atoms with E-state index in [9.17, 15) is 9.59 Å². The number of aryl methyl sites for hydroxylation is 2. The number of anilines is 1. The Morgan fingerprint density at radius 1 is 1.21 bits per heavy atom. The lowest BCUT2D eigenvalue weighted by molar-refractivity contribution is -0.136. The van der Waals surface area contributed by atoms with Gasteiger partial charge in [0, 0.05) is 31.4 Å². The lowest BCUT2D eigenvalue weighted by atomic mass is 10.1. The third kappa shape index (κ3) is 3.62. The van der Waals surface area contributed by atoms with Crippen molar-refractivity contribution in [3.05, 3.63) is 65.6 Å². The maximum absolute atomic E-state index is 13.2. The fraction of sp³-hybridized carbons (Fsp3) is 0.348. The van der Waals surface area contributed by atoms with Crippen molar-refractivity contribution in [2.75, 3.05) is 18.0 Å². The van der Waals surface area contributed by atoms with Gasteiger partial charge in [-0.15, -0.1) is 0 Å². The van der Waals surface area contributed by atoms with E-state index in [1.54, 1.807) is 4.90 Å². The molecule has 0 saturated carbocycles. The van der Waals surface area contributed by atoms with Crippen LogP contribution in [0.1, 0.15) is 30.2 Å². The average Bonchev–Trinajstić information content (AvgIpc) is 3.31. The minimum Gasteiger partial charge on any atom is -0.337 e. The molecule has 0 aliphatic carbocycles. The number of imidazole rings is 1. The van der Waals surface area contributed by atoms with Crippen molar-refractivity contribution in [3.63, 3.8) is 0 Å². The quantitative estimate of drug-likeness (QED) is 0.671. The average molecular weight is 390 g/mol.